The van der Waals surface area contributed by atoms with Crippen LogP contribution >= 0.6 is 0 Å². The van der Waals surface area contributed by atoms with Crippen molar-refractivity contribution in [3.63, 3.8) is 0 Å². The summed E-state index contributed by atoms with van der Waals surface area (Å²) in [7, 11) is 0. The lowest BCUT2D eigenvalue weighted by molar-refractivity contribution is -0.120. The van der Waals surface area contributed by atoms with Crippen molar-refractivity contribution in [2.75, 3.05) is 25.1 Å². The molecule has 2 N–H and O–H groups in total. The molecule has 2 atom stereocenters. The third kappa shape index (κ3) is 3.61. The second-order valence-electron chi connectivity index (χ2n) is 5.76. The minimum Gasteiger partial charge on any atom is -0.346 e. The molecule has 114 valence electrons. The summed E-state index contributed by atoms with van der Waals surface area (Å²) in [4.78, 5) is 12.3. The van der Waals surface area contributed by atoms with Crippen molar-refractivity contribution in [2.24, 2.45) is 5.92 Å². The van der Waals surface area contributed by atoms with Crippen LogP contribution in [0.15, 0.2) is 24.3 Å². The van der Waals surface area contributed by atoms with E-state index in [0.29, 0.717) is 19.3 Å². The van der Waals surface area contributed by atoms with Crippen LogP contribution in [0, 0.1) is 5.92 Å². The van der Waals surface area contributed by atoms with Crippen LogP contribution in [-0.4, -0.2) is 31.7 Å². The van der Waals surface area contributed by atoms with Crippen LogP contribution in [0.3, 0.4) is 0 Å². The zero-order chi connectivity index (χ0) is 14.7. The van der Waals surface area contributed by atoms with Gasteiger partial charge in [0.25, 0.3) is 0 Å². The molecule has 2 saturated heterocycles. The average molecular weight is 290 g/mol. The molecule has 0 saturated carbocycles. The van der Waals surface area contributed by atoms with Gasteiger partial charge in [-0.3, -0.25) is 4.79 Å². The van der Waals surface area contributed by atoms with Crippen molar-refractivity contribution in [3.05, 3.63) is 29.8 Å². The number of hydrogen-bond acceptors (Lipinski definition) is 4. The van der Waals surface area contributed by atoms with Gasteiger partial charge in [-0.25, -0.2) is 0 Å². The molecule has 0 radical (unpaired) electrons. The average Bonchev–Trinajstić information content (AvgIpc) is 3.02. The maximum absolute atomic E-state index is 12.3. The van der Waals surface area contributed by atoms with E-state index in [0.717, 1.165) is 30.6 Å². The SMILES string of the molecule is CC1CC(C(=O)Nc2ccc(C3OCCO3)cc2)CCN1. The van der Waals surface area contributed by atoms with E-state index >= 15 is 0 Å². The molecule has 1 aromatic carbocycles. The van der Waals surface area contributed by atoms with Gasteiger partial charge in [-0.1, -0.05) is 12.1 Å². The van der Waals surface area contributed by atoms with E-state index in [1.54, 1.807) is 0 Å². The van der Waals surface area contributed by atoms with Crippen LogP contribution in [0.2, 0.25) is 0 Å². The summed E-state index contributed by atoms with van der Waals surface area (Å²) in [6.45, 7) is 4.30. The number of ether oxygens (including phenoxy) is 2. The summed E-state index contributed by atoms with van der Waals surface area (Å²) < 4.78 is 10.9. The number of anilines is 1. The minimum absolute atomic E-state index is 0.0995. The summed E-state index contributed by atoms with van der Waals surface area (Å²) in [6, 6.07) is 8.10. The molecule has 1 aromatic rings. The van der Waals surface area contributed by atoms with Gasteiger partial charge < -0.3 is 20.1 Å². The minimum atomic E-state index is -0.264. The van der Waals surface area contributed by atoms with Crippen LogP contribution in [-0.2, 0) is 14.3 Å². The van der Waals surface area contributed by atoms with E-state index in [1.165, 1.54) is 0 Å². The maximum atomic E-state index is 12.3. The Bertz CT molecular complexity index is 483. The van der Waals surface area contributed by atoms with Gasteiger partial charge in [0.15, 0.2) is 6.29 Å². The van der Waals surface area contributed by atoms with E-state index in [9.17, 15) is 4.79 Å². The van der Waals surface area contributed by atoms with Crippen molar-refractivity contribution in [1.82, 2.24) is 5.32 Å². The number of piperidine rings is 1. The summed E-state index contributed by atoms with van der Waals surface area (Å²) >= 11 is 0. The van der Waals surface area contributed by atoms with Crippen LogP contribution in [0.25, 0.3) is 0 Å². The molecule has 1 amide bonds. The van der Waals surface area contributed by atoms with Crippen molar-refractivity contribution in [3.8, 4) is 0 Å². The summed E-state index contributed by atoms with van der Waals surface area (Å²) in [5, 5.41) is 6.36. The summed E-state index contributed by atoms with van der Waals surface area (Å²) in [5.41, 5.74) is 1.81. The Balaban J connectivity index is 1.58. The molecule has 0 bridgehead atoms. The monoisotopic (exact) mass is 290 g/mol. The van der Waals surface area contributed by atoms with Gasteiger partial charge in [-0.15, -0.1) is 0 Å². The molecule has 21 heavy (non-hydrogen) atoms. The highest BCUT2D eigenvalue weighted by molar-refractivity contribution is 5.92. The van der Waals surface area contributed by atoms with Gasteiger partial charge in [-0.05, 0) is 38.4 Å². The van der Waals surface area contributed by atoms with Crippen molar-refractivity contribution >= 4 is 11.6 Å². The molecule has 2 unspecified atom stereocenters. The summed E-state index contributed by atoms with van der Waals surface area (Å²) in [6.07, 6.45) is 1.53. The number of rotatable bonds is 3. The number of amides is 1. The number of benzene rings is 1. The highest BCUT2D eigenvalue weighted by Crippen LogP contribution is 2.25. The first kappa shape index (κ1) is 14.5. The molecule has 0 spiro atoms. The molecular formula is C16H22N2O3. The highest BCUT2D eigenvalue weighted by Gasteiger charge is 2.24. The van der Waals surface area contributed by atoms with Crippen LogP contribution in [0.5, 0.6) is 0 Å². The van der Waals surface area contributed by atoms with Crippen LogP contribution in [0.4, 0.5) is 5.69 Å². The van der Waals surface area contributed by atoms with Crippen molar-refractivity contribution in [2.45, 2.75) is 32.1 Å². The lowest BCUT2D eigenvalue weighted by Gasteiger charge is -2.27. The van der Waals surface area contributed by atoms with Gasteiger partial charge in [0.2, 0.25) is 5.91 Å². The molecule has 2 heterocycles. The second kappa shape index (κ2) is 6.56. The third-order valence-corrected chi connectivity index (χ3v) is 4.07. The number of nitrogens with one attached hydrogen (secondary N) is 2. The Morgan fingerprint density at radius 2 is 1.95 bits per heavy atom. The lowest BCUT2D eigenvalue weighted by atomic mass is 9.92. The fraction of sp³-hybridized carbons (Fsp3) is 0.562. The van der Waals surface area contributed by atoms with Crippen LogP contribution < -0.4 is 10.6 Å². The smallest absolute Gasteiger partial charge is 0.227 e. The first-order valence-corrected chi connectivity index (χ1v) is 7.60. The quantitative estimate of drug-likeness (QED) is 0.894. The Hall–Kier alpha value is -1.43. The first-order chi connectivity index (χ1) is 10.2. The predicted molar refractivity (Wildman–Crippen MR) is 79.9 cm³/mol. The summed E-state index contributed by atoms with van der Waals surface area (Å²) in [5.74, 6) is 0.215. The largest absolute Gasteiger partial charge is 0.346 e. The number of hydrogen-bond donors (Lipinski definition) is 2. The van der Waals surface area contributed by atoms with E-state index < -0.39 is 0 Å². The van der Waals surface area contributed by atoms with E-state index in [1.807, 2.05) is 24.3 Å². The van der Waals surface area contributed by atoms with Gasteiger partial charge in [-0.2, -0.15) is 0 Å². The molecule has 3 rings (SSSR count). The normalized spacial score (nSPS) is 26.7. The van der Waals surface area contributed by atoms with Gasteiger partial charge >= 0.3 is 0 Å². The number of carbonyl (C=O) groups excluding carboxylic acids is 1. The molecule has 5 nitrogen and oxygen atoms in total. The van der Waals surface area contributed by atoms with Crippen LogP contribution in [0.1, 0.15) is 31.6 Å². The Morgan fingerprint density at radius 3 is 2.62 bits per heavy atom. The molecule has 0 aromatic heterocycles. The topological polar surface area (TPSA) is 59.6 Å². The third-order valence-electron chi connectivity index (χ3n) is 4.07. The van der Waals surface area contributed by atoms with Gasteiger partial charge in [0, 0.05) is 23.2 Å². The molecule has 0 aliphatic carbocycles. The zero-order valence-corrected chi connectivity index (χ0v) is 12.3. The van der Waals surface area contributed by atoms with Crippen molar-refractivity contribution in [1.29, 1.82) is 0 Å². The van der Waals surface area contributed by atoms with Gasteiger partial charge in [0.05, 0.1) is 13.2 Å². The first-order valence-electron chi connectivity index (χ1n) is 7.60. The number of carbonyl (C=O) groups is 1. The second-order valence-corrected chi connectivity index (χ2v) is 5.76. The Morgan fingerprint density at radius 1 is 1.24 bits per heavy atom. The molecular weight excluding hydrogens is 268 g/mol. The van der Waals surface area contributed by atoms with E-state index in [2.05, 4.69) is 17.6 Å². The predicted octanol–water partition coefficient (Wildman–Crippen LogP) is 2.06. The molecule has 2 fully saturated rings. The highest BCUT2D eigenvalue weighted by atomic mass is 16.7. The Kier molecular flexibility index (Phi) is 4.53. The fourth-order valence-corrected chi connectivity index (χ4v) is 2.89. The molecule has 5 heteroatoms. The zero-order valence-electron chi connectivity index (χ0n) is 12.3. The lowest BCUT2D eigenvalue weighted by Crippen LogP contribution is -2.40. The molecule has 2 aliphatic rings. The molecule has 2 aliphatic heterocycles. The van der Waals surface area contributed by atoms with E-state index in [4.69, 9.17) is 9.47 Å². The van der Waals surface area contributed by atoms with E-state index in [-0.39, 0.29) is 18.1 Å². The fourth-order valence-electron chi connectivity index (χ4n) is 2.89. The maximum Gasteiger partial charge on any atom is 0.227 e. The Labute approximate surface area is 125 Å². The standard InChI is InChI=1S/C16H22N2O3/c1-11-10-13(6-7-17-11)15(19)18-14-4-2-12(3-5-14)16-20-8-9-21-16/h2-5,11,13,16-17H,6-10H2,1H3,(H,18,19). The van der Waals surface area contributed by atoms with Gasteiger partial charge in [0.1, 0.15) is 0 Å². The van der Waals surface area contributed by atoms with Crippen molar-refractivity contribution < 1.29 is 14.3 Å².